The van der Waals surface area contributed by atoms with Crippen LogP contribution in [-0.4, -0.2) is 36.6 Å². The summed E-state index contributed by atoms with van der Waals surface area (Å²) in [7, 11) is 3.35. The highest BCUT2D eigenvalue weighted by Gasteiger charge is 2.12. The standard InChI is InChI=1S/C21H24N2O3/c1-4-15-8-10-16(11-9-15)19(24)12-13-20(25)22-18-7-5-6-17(14-18)21(26)23(2)3/h5-11,14H,4,12-13H2,1-3H3,(H,22,25). The maximum absolute atomic E-state index is 12.2. The van der Waals surface area contributed by atoms with Gasteiger partial charge in [-0.3, -0.25) is 14.4 Å². The largest absolute Gasteiger partial charge is 0.345 e. The number of aryl methyl sites for hydroxylation is 1. The molecule has 2 aromatic carbocycles. The number of amides is 2. The van der Waals surface area contributed by atoms with Crippen LogP contribution in [0.5, 0.6) is 0 Å². The molecular formula is C21H24N2O3. The first kappa shape index (κ1) is 19.4. The van der Waals surface area contributed by atoms with Crippen LogP contribution in [0.4, 0.5) is 5.69 Å². The zero-order chi connectivity index (χ0) is 19.1. The van der Waals surface area contributed by atoms with Crippen molar-refractivity contribution < 1.29 is 14.4 Å². The first-order valence-corrected chi connectivity index (χ1v) is 8.64. The number of hydrogen-bond donors (Lipinski definition) is 1. The van der Waals surface area contributed by atoms with Crippen molar-refractivity contribution >= 4 is 23.3 Å². The Morgan fingerprint density at radius 3 is 2.23 bits per heavy atom. The van der Waals surface area contributed by atoms with E-state index in [1.165, 1.54) is 10.5 Å². The van der Waals surface area contributed by atoms with Gasteiger partial charge in [0.2, 0.25) is 5.91 Å². The normalized spacial score (nSPS) is 10.3. The van der Waals surface area contributed by atoms with Crippen LogP contribution in [0, 0.1) is 0 Å². The van der Waals surface area contributed by atoms with Gasteiger partial charge in [0.25, 0.3) is 5.91 Å². The van der Waals surface area contributed by atoms with E-state index in [-0.39, 0.29) is 30.4 Å². The number of carbonyl (C=O) groups excluding carboxylic acids is 3. The van der Waals surface area contributed by atoms with Gasteiger partial charge >= 0.3 is 0 Å². The summed E-state index contributed by atoms with van der Waals surface area (Å²) in [6, 6.07) is 14.2. The van der Waals surface area contributed by atoms with Crippen molar-refractivity contribution in [3.8, 4) is 0 Å². The molecule has 0 aliphatic heterocycles. The summed E-state index contributed by atoms with van der Waals surface area (Å²) in [5.41, 5.74) is 2.84. The maximum atomic E-state index is 12.2. The molecule has 26 heavy (non-hydrogen) atoms. The third kappa shape index (κ3) is 5.28. The van der Waals surface area contributed by atoms with E-state index in [9.17, 15) is 14.4 Å². The number of carbonyl (C=O) groups is 3. The molecule has 0 aliphatic carbocycles. The van der Waals surface area contributed by atoms with Crippen LogP contribution >= 0.6 is 0 Å². The molecule has 0 saturated carbocycles. The predicted molar refractivity (Wildman–Crippen MR) is 102 cm³/mol. The maximum Gasteiger partial charge on any atom is 0.253 e. The first-order chi connectivity index (χ1) is 12.4. The molecule has 5 nitrogen and oxygen atoms in total. The van der Waals surface area contributed by atoms with Gasteiger partial charge in [0, 0.05) is 43.8 Å². The number of Topliss-reactive ketones (excluding diaryl/α,β-unsaturated/α-hetero) is 1. The van der Waals surface area contributed by atoms with Gasteiger partial charge in [-0.1, -0.05) is 37.3 Å². The lowest BCUT2D eigenvalue weighted by atomic mass is 10.0. The van der Waals surface area contributed by atoms with E-state index in [0.717, 1.165) is 6.42 Å². The molecule has 0 aromatic heterocycles. The second kappa shape index (κ2) is 8.94. The van der Waals surface area contributed by atoms with Crippen molar-refractivity contribution in [1.29, 1.82) is 0 Å². The molecule has 136 valence electrons. The summed E-state index contributed by atoms with van der Waals surface area (Å²) < 4.78 is 0. The summed E-state index contributed by atoms with van der Waals surface area (Å²) in [6.45, 7) is 2.06. The van der Waals surface area contributed by atoms with Crippen LogP contribution in [0.3, 0.4) is 0 Å². The number of nitrogens with zero attached hydrogens (tertiary/aromatic N) is 1. The van der Waals surface area contributed by atoms with E-state index in [1.807, 2.05) is 12.1 Å². The van der Waals surface area contributed by atoms with E-state index in [0.29, 0.717) is 16.8 Å². The Labute approximate surface area is 154 Å². The molecule has 5 heteroatoms. The molecule has 2 amide bonds. The van der Waals surface area contributed by atoms with Crippen molar-refractivity contribution in [2.45, 2.75) is 26.2 Å². The Morgan fingerprint density at radius 2 is 1.62 bits per heavy atom. The average molecular weight is 352 g/mol. The molecule has 1 N–H and O–H groups in total. The summed E-state index contributed by atoms with van der Waals surface area (Å²) in [5.74, 6) is -0.441. The van der Waals surface area contributed by atoms with Gasteiger partial charge in [-0.25, -0.2) is 0 Å². The highest BCUT2D eigenvalue weighted by Crippen LogP contribution is 2.14. The molecule has 0 bridgehead atoms. The second-order valence-electron chi connectivity index (χ2n) is 6.30. The highest BCUT2D eigenvalue weighted by molar-refractivity contribution is 6.00. The lowest BCUT2D eigenvalue weighted by Gasteiger charge is -2.11. The summed E-state index contributed by atoms with van der Waals surface area (Å²) in [6.07, 6.45) is 1.17. The summed E-state index contributed by atoms with van der Waals surface area (Å²) in [5, 5.41) is 2.74. The number of ketones is 1. The summed E-state index contributed by atoms with van der Waals surface area (Å²) in [4.78, 5) is 37.7. The minimum atomic E-state index is -0.252. The molecule has 0 aliphatic rings. The quantitative estimate of drug-likeness (QED) is 0.775. The van der Waals surface area contributed by atoms with E-state index in [1.54, 1.807) is 50.5 Å². The molecule has 0 radical (unpaired) electrons. The SMILES string of the molecule is CCc1ccc(C(=O)CCC(=O)Nc2cccc(C(=O)N(C)C)c2)cc1. The van der Waals surface area contributed by atoms with Crippen LogP contribution in [0.2, 0.25) is 0 Å². The lowest BCUT2D eigenvalue weighted by Crippen LogP contribution is -2.22. The van der Waals surface area contributed by atoms with Gasteiger partial charge in [0.15, 0.2) is 5.78 Å². The fourth-order valence-corrected chi connectivity index (χ4v) is 2.51. The number of hydrogen-bond acceptors (Lipinski definition) is 3. The Kier molecular flexibility index (Phi) is 6.67. The Bertz CT molecular complexity index is 795. The van der Waals surface area contributed by atoms with Gasteiger partial charge in [-0.05, 0) is 30.2 Å². The fourth-order valence-electron chi connectivity index (χ4n) is 2.51. The van der Waals surface area contributed by atoms with E-state index >= 15 is 0 Å². The highest BCUT2D eigenvalue weighted by atomic mass is 16.2. The third-order valence-electron chi connectivity index (χ3n) is 4.06. The van der Waals surface area contributed by atoms with Gasteiger partial charge in [0.1, 0.15) is 0 Å². The zero-order valence-electron chi connectivity index (χ0n) is 15.4. The van der Waals surface area contributed by atoms with E-state index in [2.05, 4.69) is 12.2 Å². The van der Waals surface area contributed by atoms with Gasteiger partial charge in [-0.15, -0.1) is 0 Å². The second-order valence-corrected chi connectivity index (χ2v) is 6.30. The van der Waals surface area contributed by atoms with Crippen molar-refractivity contribution in [2.75, 3.05) is 19.4 Å². The molecule has 2 rings (SSSR count). The van der Waals surface area contributed by atoms with Crippen LogP contribution in [-0.2, 0) is 11.2 Å². The monoisotopic (exact) mass is 352 g/mol. The first-order valence-electron chi connectivity index (χ1n) is 8.64. The minimum absolute atomic E-state index is 0.0562. The predicted octanol–water partition coefficient (Wildman–Crippen LogP) is 3.55. The van der Waals surface area contributed by atoms with Crippen molar-refractivity contribution in [3.05, 3.63) is 65.2 Å². The van der Waals surface area contributed by atoms with Crippen LogP contribution < -0.4 is 5.32 Å². The number of benzene rings is 2. The van der Waals surface area contributed by atoms with E-state index < -0.39 is 0 Å². The molecular weight excluding hydrogens is 328 g/mol. The van der Waals surface area contributed by atoms with E-state index in [4.69, 9.17) is 0 Å². The number of anilines is 1. The number of nitrogens with one attached hydrogen (secondary N) is 1. The smallest absolute Gasteiger partial charge is 0.253 e. The van der Waals surface area contributed by atoms with Crippen LogP contribution in [0.25, 0.3) is 0 Å². The molecule has 0 saturated heterocycles. The van der Waals surface area contributed by atoms with Gasteiger partial charge in [-0.2, -0.15) is 0 Å². The third-order valence-corrected chi connectivity index (χ3v) is 4.06. The molecule has 0 heterocycles. The Balaban J connectivity index is 1.91. The Morgan fingerprint density at radius 1 is 0.923 bits per heavy atom. The van der Waals surface area contributed by atoms with Crippen LogP contribution in [0.15, 0.2) is 48.5 Å². The molecule has 0 fully saturated rings. The molecule has 0 spiro atoms. The van der Waals surface area contributed by atoms with Crippen molar-refractivity contribution in [2.24, 2.45) is 0 Å². The topological polar surface area (TPSA) is 66.5 Å². The van der Waals surface area contributed by atoms with Crippen molar-refractivity contribution in [1.82, 2.24) is 4.90 Å². The van der Waals surface area contributed by atoms with Gasteiger partial charge < -0.3 is 10.2 Å². The zero-order valence-corrected chi connectivity index (χ0v) is 15.4. The lowest BCUT2D eigenvalue weighted by molar-refractivity contribution is -0.116. The fraction of sp³-hybridized carbons (Fsp3) is 0.286. The van der Waals surface area contributed by atoms with Crippen LogP contribution in [0.1, 0.15) is 46.0 Å². The molecule has 0 atom stereocenters. The number of rotatable bonds is 7. The molecule has 2 aromatic rings. The minimum Gasteiger partial charge on any atom is -0.345 e. The molecule has 0 unspecified atom stereocenters. The van der Waals surface area contributed by atoms with Crippen molar-refractivity contribution in [3.63, 3.8) is 0 Å². The Hall–Kier alpha value is -2.95. The van der Waals surface area contributed by atoms with Gasteiger partial charge in [0.05, 0.1) is 0 Å². The summed E-state index contributed by atoms with van der Waals surface area (Å²) >= 11 is 0. The average Bonchev–Trinajstić information content (AvgIpc) is 2.65.